The third-order valence-corrected chi connectivity index (χ3v) is 2.38. The average Bonchev–Trinajstić information content (AvgIpc) is 2.45. The van der Waals surface area contributed by atoms with Crippen LogP contribution in [0.3, 0.4) is 0 Å². The van der Waals surface area contributed by atoms with Gasteiger partial charge in [0.05, 0.1) is 7.11 Å². The van der Waals surface area contributed by atoms with Gasteiger partial charge < -0.3 is 10.1 Å². The van der Waals surface area contributed by atoms with Crippen molar-refractivity contribution >= 4 is 29.6 Å². The van der Waals surface area contributed by atoms with Crippen LogP contribution < -0.4 is 15.5 Å². The molecule has 0 saturated heterocycles. The monoisotopic (exact) mass is 275 g/mol. The number of hydrazone groups is 1. The Morgan fingerprint density at radius 1 is 1.47 bits per heavy atom. The lowest BCUT2D eigenvalue weighted by molar-refractivity contribution is 0.414. The van der Waals surface area contributed by atoms with Crippen LogP contribution in [0, 0.1) is 0 Å². The number of thiocarbonyl (C=S) groups is 1. The molecule has 4 nitrogen and oxygen atoms in total. The summed E-state index contributed by atoms with van der Waals surface area (Å²) < 4.78 is 5.23. The van der Waals surface area contributed by atoms with E-state index in [0.717, 1.165) is 11.3 Å². The number of para-hydroxylation sites is 1. The Hall–Kier alpha value is -2.14. The fourth-order valence-electron chi connectivity index (χ4n) is 1.29. The van der Waals surface area contributed by atoms with Crippen molar-refractivity contribution in [2.75, 3.05) is 13.7 Å². The Bertz CT molecular complexity index is 483. The van der Waals surface area contributed by atoms with Gasteiger partial charge >= 0.3 is 0 Å². The molecule has 0 fully saturated rings. The van der Waals surface area contributed by atoms with E-state index in [9.17, 15) is 0 Å². The highest BCUT2D eigenvalue weighted by Gasteiger charge is 1.95. The molecule has 0 radical (unpaired) electrons. The second-order valence-corrected chi connectivity index (χ2v) is 3.90. The first-order valence-corrected chi connectivity index (χ1v) is 6.16. The van der Waals surface area contributed by atoms with Gasteiger partial charge in [0.15, 0.2) is 5.11 Å². The normalized spacial score (nSPS) is 10.6. The minimum atomic E-state index is 0.460. The van der Waals surface area contributed by atoms with Gasteiger partial charge in [0, 0.05) is 18.3 Å². The fraction of sp³-hybridized carbons (Fsp3) is 0.143. The van der Waals surface area contributed by atoms with Gasteiger partial charge in [0.1, 0.15) is 5.75 Å². The van der Waals surface area contributed by atoms with Gasteiger partial charge in [-0.25, -0.2) is 0 Å². The second-order valence-electron chi connectivity index (χ2n) is 3.49. The highest BCUT2D eigenvalue weighted by molar-refractivity contribution is 7.80. The van der Waals surface area contributed by atoms with E-state index < -0.39 is 0 Å². The van der Waals surface area contributed by atoms with E-state index in [1.807, 2.05) is 30.3 Å². The van der Waals surface area contributed by atoms with Gasteiger partial charge in [-0.05, 0) is 30.4 Å². The average molecular weight is 275 g/mol. The molecule has 0 aromatic heterocycles. The predicted octanol–water partition coefficient (Wildman–Crippen LogP) is 2.34. The van der Waals surface area contributed by atoms with E-state index in [4.69, 9.17) is 17.0 Å². The van der Waals surface area contributed by atoms with Gasteiger partial charge in [-0.2, -0.15) is 5.10 Å². The van der Waals surface area contributed by atoms with E-state index in [0.29, 0.717) is 11.7 Å². The van der Waals surface area contributed by atoms with Crippen molar-refractivity contribution in [3.05, 3.63) is 48.6 Å². The Morgan fingerprint density at radius 3 is 3.00 bits per heavy atom. The lowest BCUT2D eigenvalue weighted by Crippen LogP contribution is -2.31. The van der Waals surface area contributed by atoms with Crippen molar-refractivity contribution in [3.63, 3.8) is 0 Å². The molecule has 0 heterocycles. The van der Waals surface area contributed by atoms with Gasteiger partial charge in [0.25, 0.3) is 0 Å². The van der Waals surface area contributed by atoms with E-state index >= 15 is 0 Å². The number of methoxy groups -OCH3 is 1. The van der Waals surface area contributed by atoms with E-state index in [2.05, 4.69) is 22.4 Å². The molecule has 1 aromatic rings. The van der Waals surface area contributed by atoms with Gasteiger partial charge in [-0.1, -0.05) is 24.3 Å². The Kier molecular flexibility index (Phi) is 6.97. The molecule has 0 spiro atoms. The number of nitrogens with zero attached hydrogens (tertiary/aromatic N) is 1. The molecule has 100 valence electrons. The first-order chi connectivity index (χ1) is 9.27. The maximum atomic E-state index is 5.23. The van der Waals surface area contributed by atoms with Crippen LogP contribution in [0.2, 0.25) is 0 Å². The quantitative estimate of drug-likeness (QED) is 0.362. The molecule has 0 saturated carbocycles. The number of hydrogen-bond acceptors (Lipinski definition) is 3. The number of hydrogen-bond donors (Lipinski definition) is 2. The summed E-state index contributed by atoms with van der Waals surface area (Å²) in [5.74, 6) is 0.822. The summed E-state index contributed by atoms with van der Waals surface area (Å²) in [7, 11) is 1.64. The second kappa shape index (κ2) is 8.88. The summed E-state index contributed by atoms with van der Waals surface area (Å²) in [4.78, 5) is 0. The van der Waals surface area contributed by atoms with Crippen LogP contribution in [0.15, 0.2) is 48.1 Å². The molecule has 0 aliphatic carbocycles. The molecular weight excluding hydrogens is 258 g/mol. The number of rotatable bonds is 6. The van der Waals surface area contributed by atoms with Crippen LogP contribution in [0.5, 0.6) is 5.75 Å². The zero-order valence-corrected chi connectivity index (χ0v) is 11.6. The number of nitrogens with one attached hydrogen (secondary N) is 2. The molecule has 19 heavy (non-hydrogen) atoms. The minimum Gasteiger partial charge on any atom is -0.496 e. The van der Waals surface area contributed by atoms with Crippen LogP contribution in [0.25, 0.3) is 6.08 Å². The molecule has 5 heteroatoms. The smallest absolute Gasteiger partial charge is 0.187 e. The Morgan fingerprint density at radius 2 is 2.26 bits per heavy atom. The molecule has 0 atom stereocenters. The largest absolute Gasteiger partial charge is 0.496 e. The molecular formula is C14H17N3OS. The molecule has 0 aliphatic rings. The molecule has 1 rings (SSSR count). The fourth-order valence-corrected chi connectivity index (χ4v) is 1.43. The van der Waals surface area contributed by atoms with Crippen molar-refractivity contribution in [1.82, 2.24) is 10.7 Å². The lowest BCUT2D eigenvalue weighted by Gasteiger charge is -2.03. The third-order valence-electron chi connectivity index (χ3n) is 2.15. The Balaban J connectivity index is 2.45. The van der Waals surface area contributed by atoms with Crippen molar-refractivity contribution in [2.45, 2.75) is 0 Å². The third kappa shape index (κ3) is 5.83. The number of allylic oxidation sites excluding steroid dienone is 1. The molecule has 1 aromatic carbocycles. The van der Waals surface area contributed by atoms with Gasteiger partial charge in [0.2, 0.25) is 0 Å². The Labute approximate surface area is 118 Å². The van der Waals surface area contributed by atoms with Crippen molar-refractivity contribution in [1.29, 1.82) is 0 Å². The maximum absolute atomic E-state index is 5.23. The molecule has 2 N–H and O–H groups in total. The van der Waals surface area contributed by atoms with Crippen LogP contribution in [-0.4, -0.2) is 25.0 Å². The van der Waals surface area contributed by atoms with Gasteiger partial charge in [-0.3, -0.25) is 5.43 Å². The summed E-state index contributed by atoms with van der Waals surface area (Å²) in [5.41, 5.74) is 3.68. The highest BCUT2D eigenvalue weighted by Crippen LogP contribution is 2.18. The summed E-state index contributed by atoms with van der Waals surface area (Å²) in [6, 6.07) is 7.75. The first kappa shape index (κ1) is 14.9. The van der Waals surface area contributed by atoms with E-state index in [1.165, 1.54) is 0 Å². The van der Waals surface area contributed by atoms with Crippen LogP contribution in [-0.2, 0) is 0 Å². The summed E-state index contributed by atoms with van der Waals surface area (Å²) in [6.45, 7) is 4.19. The zero-order chi connectivity index (χ0) is 13.9. The van der Waals surface area contributed by atoms with Crippen LogP contribution in [0.4, 0.5) is 0 Å². The molecule has 0 aliphatic heterocycles. The van der Waals surface area contributed by atoms with Crippen LogP contribution >= 0.6 is 12.2 Å². The van der Waals surface area contributed by atoms with Crippen molar-refractivity contribution in [3.8, 4) is 5.75 Å². The molecule has 0 unspecified atom stereocenters. The van der Waals surface area contributed by atoms with Crippen molar-refractivity contribution < 1.29 is 4.74 Å². The summed E-state index contributed by atoms with van der Waals surface area (Å²) in [5, 5.41) is 7.32. The predicted molar refractivity (Wildman–Crippen MR) is 84.5 cm³/mol. The lowest BCUT2D eigenvalue weighted by atomic mass is 10.2. The van der Waals surface area contributed by atoms with E-state index in [1.54, 1.807) is 25.5 Å². The highest BCUT2D eigenvalue weighted by atomic mass is 32.1. The SMILES string of the molecule is C=CCNC(=S)N/N=C/C=C/c1ccccc1OC. The van der Waals surface area contributed by atoms with Crippen LogP contribution in [0.1, 0.15) is 5.56 Å². The summed E-state index contributed by atoms with van der Waals surface area (Å²) >= 11 is 4.97. The van der Waals surface area contributed by atoms with Gasteiger partial charge in [-0.15, -0.1) is 6.58 Å². The van der Waals surface area contributed by atoms with E-state index in [-0.39, 0.29) is 0 Å². The molecule has 0 bridgehead atoms. The number of ether oxygens (including phenoxy) is 1. The standard InChI is InChI=1S/C14H17N3OS/c1-3-10-15-14(19)17-16-11-6-8-12-7-4-5-9-13(12)18-2/h3-9,11H,1,10H2,2H3,(H2,15,17,19)/b8-6+,16-11+. The minimum absolute atomic E-state index is 0.460. The molecule has 0 amide bonds. The first-order valence-electron chi connectivity index (χ1n) is 5.75. The van der Waals surface area contributed by atoms with Crippen molar-refractivity contribution in [2.24, 2.45) is 5.10 Å². The zero-order valence-electron chi connectivity index (χ0n) is 10.8. The number of benzene rings is 1. The topological polar surface area (TPSA) is 45.7 Å². The summed E-state index contributed by atoms with van der Waals surface area (Å²) in [6.07, 6.45) is 7.05. The maximum Gasteiger partial charge on any atom is 0.187 e.